The minimum absolute atomic E-state index is 0.0524. The van der Waals surface area contributed by atoms with Crippen LogP contribution in [0.2, 0.25) is 0 Å². The van der Waals surface area contributed by atoms with Crippen molar-refractivity contribution < 1.29 is 4.79 Å². The molecule has 0 saturated heterocycles. The van der Waals surface area contributed by atoms with Crippen molar-refractivity contribution in [2.24, 2.45) is 5.41 Å². The second-order valence-corrected chi connectivity index (χ2v) is 7.60. The van der Waals surface area contributed by atoms with Crippen molar-refractivity contribution in [3.8, 4) is 0 Å². The molecule has 1 amide bonds. The molecule has 3 heteroatoms. The predicted molar refractivity (Wildman–Crippen MR) is 85.9 cm³/mol. The second kappa shape index (κ2) is 5.47. The highest BCUT2D eigenvalue weighted by atomic mass is 16.1. The largest absolute Gasteiger partial charge is 0.398 e. The van der Waals surface area contributed by atoms with E-state index in [2.05, 4.69) is 39.9 Å². The highest BCUT2D eigenvalue weighted by molar-refractivity contribution is 5.97. The average molecular weight is 276 g/mol. The van der Waals surface area contributed by atoms with Crippen LogP contribution in [0, 0.1) is 19.3 Å². The van der Waals surface area contributed by atoms with Crippen molar-refractivity contribution in [3.63, 3.8) is 0 Å². The molecule has 112 valence electrons. The van der Waals surface area contributed by atoms with E-state index in [1.165, 1.54) is 0 Å². The van der Waals surface area contributed by atoms with E-state index in [9.17, 15) is 4.79 Å². The van der Waals surface area contributed by atoms with Crippen molar-refractivity contribution >= 4 is 11.6 Å². The fourth-order valence-electron chi connectivity index (χ4n) is 2.86. The molecule has 0 fully saturated rings. The van der Waals surface area contributed by atoms with Gasteiger partial charge in [-0.05, 0) is 56.7 Å². The van der Waals surface area contributed by atoms with Gasteiger partial charge in [0.05, 0.1) is 0 Å². The van der Waals surface area contributed by atoms with Gasteiger partial charge in [0.1, 0.15) is 0 Å². The standard InChI is InChI=1S/C17H28N2O/c1-11-8-12(2)14(18)9-13(11)15(20)19-17(6,7)10-16(3,4)5/h8-9H,10,18H2,1-7H3,(H,19,20). The van der Waals surface area contributed by atoms with Gasteiger partial charge in [-0.15, -0.1) is 0 Å². The Morgan fingerprint density at radius 1 is 1.10 bits per heavy atom. The van der Waals surface area contributed by atoms with E-state index in [4.69, 9.17) is 5.73 Å². The topological polar surface area (TPSA) is 55.1 Å². The van der Waals surface area contributed by atoms with Crippen LogP contribution in [0.4, 0.5) is 5.69 Å². The highest BCUT2D eigenvalue weighted by Crippen LogP contribution is 2.27. The van der Waals surface area contributed by atoms with Crippen LogP contribution in [-0.4, -0.2) is 11.4 Å². The highest BCUT2D eigenvalue weighted by Gasteiger charge is 2.27. The first-order valence-electron chi connectivity index (χ1n) is 7.10. The van der Waals surface area contributed by atoms with Gasteiger partial charge in [0.15, 0.2) is 0 Å². The van der Waals surface area contributed by atoms with Gasteiger partial charge in [-0.25, -0.2) is 0 Å². The molecule has 1 rings (SSSR count). The van der Waals surface area contributed by atoms with Crippen LogP contribution in [-0.2, 0) is 0 Å². The Bertz CT molecular complexity index is 510. The Morgan fingerprint density at radius 2 is 1.65 bits per heavy atom. The Kier molecular flexibility index (Phi) is 4.52. The number of benzene rings is 1. The van der Waals surface area contributed by atoms with Gasteiger partial charge < -0.3 is 11.1 Å². The number of nitrogens with two attached hydrogens (primary N) is 1. The molecule has 0 bridgehead atoms. The molecule has 0 radical (unpaired) electrons. The molecule has 0 aromatic heterocycles. The molecule has 0 heterocycles. The fourth-order valence-corrected chi connectivity index (χ4v) is 2.86. The summed E-state index contributed by atoms with van der Waals surface area (Å²) in [5.41, 5.74) is 9.12. The van der Waals surface area contributed by atoms with Crippen LogP contribution in [0.25, 0.3) is 0 Å². The van der Waals surface area contributed by atoms with Gasteiger partial charge in [-0.1, -0.05) is 26.8 Å². The minimum Gasteiger partial charge on any atom is -0.398 e. The number of amides is 1. The lowest BCUT2D eigenvalue weighted by atomic mass is 9.81. The molecule has 0 unspecified atom stereocenters. The van der Waals surface area contributed by atoms with E-state index >= 15 is 0 Å². The van der Waals surface area contributed by atoms with Gasteiger partial charge in [0.2, 0.25) is 0 Å². The van der Waals surface area contributed by atoms with Crippen LogP contribution in [0.1, 0.15) is 62.5 Å². The van der Waals surface area contributed by atoms with Crippen LogP contribution < -0.4 is 11.1 Å². The number of carbonyl (C=O) groups is 1. The van der Waals surface area contributed by atoms with E-state index < -0.39 is 0 Å². The lowest BCUT2D eigenvalue weighted by molar-refractivity contribution is 0.0891. The summed E-state index contributed by atoms with van der Waals surface area (Å²) in [7, 11) is 0. The predicted octanol–water partition coefficient (Wildman–Crippen LogP) is 3.83. The summed E-state index contributed by atoms with van der Waals surface area (Å²) in [6, 6.07) is 3.73. The minimum atomic E-state index is -0.249. The van der Waals surface area contributed by atoms with Crippen LogP contribution in [0.15, 0.2) is 12.1 Å². The third-order valence-corrected chi connectivity index (χ3v) is 3.28. The molecule has 0 aliphatic heterocycles. The molecule has 0 aliphatic carbocycles. The number of nitrogens with one attached hydrogen (secondary N) is 1. The molecule has 1 aromatic carbocycles. The molecule has 0 saturated carbocycles. The molecular weight excluding hydrogens is 248 g/mol. The van der Waals surface area contributed by atoms with Crippen molar-refractivity contribution in [3.05, 3.63) is 28.8 Å². The maximum absolute atomic E-state index is 12.5. The molecule has 3 N–H and O–H groups in total. The summed E-state index contributed by atoms with van der Waals surface area (Å²) in [6.45, 7) is 14.5. The van der Waals surface area contributed by atoms with Gasteiger partial charge in [-0.2, -0.15) is 0 Å². The molecule has 20 heavy (non-hydrogen) atoms. The fraction of sp³-hybridized carbons (Fsp3) is 0.588. The van der Waals surface area contributed by atoms with Gasteiger partial charge >= 0.3 is 0 Å². The van der Waals surface area contributed by atoms with Gasteiger partial charge in [0, 0.05) is 16.8 Å². The quantitative estimate of drug-likeness (QED) is 0.824. The van der Waals surface area contributed by atoms with Crippen molar-refractivity contribution in [1.82, 2.24) is 5.32 Å². The van der Waals surface area contributed by atoms with Gasteiger partial charge in [0.25, 0.3) is 5.91 Å². The summed E-state index contributed by atoms with van der Waals surface area (Å²) in [6.07, 6.45) is 0.909. The summed E-state index contributed by atoms with van der Waals surface area (Å²) in [4.78, 5) is 12.5. The second-order valence-electron chi connectivity index (χ2n) is 7.60. The Hall–Kier alpha value is -1.51. The number of hydrogen-bond acceptors (Lipinski definition) is 2. The molecular formula is C17H28N2O. The Morgan fingerprint density at radius 3 is 2.15 bits per heavy atom. The zero-order valence-corrected chi connectivity index (χ0v) is 13.8. The van der Waals surface area contributed by atoms with Crippen molar-refractivity contribution in [2.75, 3.05) is 5.73 Å². The normalized spacial score (nSPS) is 12.3. The van der Waals surface area contributed by atoms with Crippen molar-refractivity contribution in [1.29, 1.82) is 0 Å². The van der Waals surface area contributed by atoms with E-state index in [1.807, 2.05) is 19.9 Å². The molecule has 3 nitrogen and oxygen atoms in total. The van der Waals surface area contributed by atoms with Crippen molar-refractivity contribution in [2.45, 2.75) is 60.4 Å². The maximum Gasteiger partial charge on any atom is 0.252 e. The monoisotopic (exact) mass is 276 g/mol. The van der Waals surface area contributed by atoms with E-state index in [-0.39, 0.29) is 16.9 Å². The summed E-state index contributed by atoms with van der Waals surface area (Å²) < 4.78 is 0. The number of rotatable bonds is 3. The zero-order chi connectivity index (χ0) is 15.7. The molecule has 0 aliphatic rings. The van der Waals surface area contributed by atoms with Crippen LogP contribution >= 0.6 is 0 Å². The summed E-state index contributed by atoms with van der Waals surface area (Å²) >= 11 is 0. The van der Waals surface area contributed by atoms with Gasteiger partial charge in [-0.3, -0.25) is 4.79 Å². The van der Waals surface area contributed by atoms with E-state index in [1.54, 1.807) is 6.07 Å². The number of nitrogen functional groups attached to an aromatic ring is 1. The number of hydrogen-bond donors (Lipinski definition) is 2. The Balaban J connectivity index is 2.94. The lowest BCUT2D eigenvalue weighted by Crippen LogP contribution is -2.46. The van der Waals surface area contributed by atoms with Crippen LogP contribution in [0.3, 0.4) is 0 Å². The first-order chi connectivity index (χ1) is 8.91. The first kappa shape index (κ1) is 16.5. The zero-order valence-electron chi connectivity index (χ0n) is 13.8. The summed E-state index contributed by atoms with van der Waals surface area (Å²) in [5.74, 6) is -0.0524. The molecule has 1 aromatic rings. The lowest BCUT2D eigenvalue weighted by Gasteiger charge is -2.33. The first-order valence-corrected chi connectivity index (χ1v) is 7.10. The number of aryl methyl sites for hydroxylation is 2. The third-order valence-electron chi connectivity index (χ3n) is 3.28. The third kappa shape index (κ3) is 4.55. The Labute approximate surface area is 122 Å². The molecule has 0 atom stereocenters. The SMILES string of the molecule is Cc1cc(C)c(C(=O)NC(C)(C)CC(C)(C)C)cc1N. The number of anilines is 1. The summed E-state index contributed by atoms with van der Waals surface area (Å²) in [5, 5.41) is 3.12. The van der Waals surface area contributed by atoms with Crippen LogP contribution in [0.5, 0.6) is 0 Å². The smallest absolute Gasteiger partial charge is 0.252 e. The average Bonchev–Trinajstić information content (AvgIpc) is 2.18. The van der Waals surface area contributed by atoms with E-state index in [0.29, 0.717) is 11.3 Å². The molecule has 0 spiro atoms. The number of carbonyl (C=O) groups excluding carboxylic acids is 1. The van der Waals surface area contributed by atoms with E-state index in [0.717, 1.165) is 17.5 Å². The maximum atomic E-state index is 12.5.